The van der Waals surface area contributed by atoms with Crippen LogP contribution in [0.3, 0.4) is 0 Å². The lowest BCUT2D eigenvalue weighted by Gasteiger charge is -1.98. The van der Waals surface area contributed by atoms with E-state index in [2.05, 4.69) is 25.2 Å². The molecule has 0 heterocycles. The highest BCUT2D eigenvalue weighted by Crippen LogP contribution is 2.12. The van der Waals surface area contributed by atoms with Crippen molar-refractivity contribution in [3.8, 4) is 5.75 Å². The van der Waals surface area contributed by atoms with E-state index >= 15 is 0 Å². The molecule has 0 unspecified atom stereocenters. The average Bonchev–Trinajstić information content (AvgIpc) is 2.25. The van der Waals surface area contributed by atoms with Crippen LogP contribution in [0, 0.1) is 0 Å². The maximum atomic E-state index is 5.07. The highest BCUT2D eigenvalue weighted by Gasteiger charge is 1.88. The van der Waals surface area contributed by atoms with E-state index in [4.69, 9.17) is 4.74 Å². The summed E-state index contributed by atoms with van der Waals surface area (Å²) in [6.07, 6.45) is 9.38. The molecule has 0 radical (unpaired) electrons. The molecule has 0 aromatic heterocycles. The van der Waals surface area contributed by atoms with Crippen molar-refractivity contribution >= 4 is 6.08 Å². The first-order valence-corrected chi connectivity index (χ1v) is 4.84. The summed E-state index contributed by atoms with van der Waals surface area (Å²) < 4.78 is 5.07. The van der Waals surface area contributed by atoms with Gasteiger partial charge >= 0.3 is 0 Å². The summed E-state index contributed by atoms with van der Waals surface area (Å²) in [4.78, 5) is 0. The molecule has 1 nitrogen and oxygen atoms in total. The predicted molar refractivity (Wildman–Crippen MR) is 61.5 cm³/mol. The fourth-order valence-corrected chi connectivity index (χ4v) is 1.10. The monoisotopic (exact) mass is 188 g/mol. The maximum absolute atomic E-state index is 5.07. The lowest BCUT2D eigenvalue weighted by atomic mass is 10.2. The van der Waals surface area contributed by atoms with Gasteiger partial charge in [-0.15, -0.1) is 0 Å². The Balaban J connectivity index is 2.59. The molecule has 1 heteroatoms. The van der Waals surface area contributed by atoms with E-state index in [1.165, 1.54) is 5.56 Å². The number of allylic oxidation sites excluding steroid dienone is 3. The molecule has 1 rings (SSSR count). The first-order valence-electron chi connectivity index (χ1n) is 4.84. The first kappa shape index (κ1) is 10.6. The van der Waals surface area contributed by atoms with Crippen LogP contribution in [0.15, 0.2) is 42.5 Å². The predicted octanol–water partition coefficient (Wildman–Crippen LogP) is 3.67. The van der Waals surface area contributed by atoms with E-state index in [1.807, 2.05) is 30.3 Å². The Morgan fingerprint density at radius 2 is 1.86 bits per heavy atom. The standard InChI is InChI=1S/C13H16O/c1-3-4-5-6-7-12-8-10-13(14-2)11-9-12/h4-11H,3H2,1-2H3/b5-4-,7-6+. The summed E-state index contributed by atoms with van der Waals surface area (Å²) in [6.45, 7) is 2.12. The minimum atomic E-state index is 0.895. The zero-order valence-corrected chi connectivity index (χ0v) is 8.73. The van der Waals surface area contributed by atoms with Gasteiger partial charge in [-0.3, -0.25) is 0 Å². The lowest BCUT2D eigenvalue weighted by Crippen LogP contribution is -1.81. The van der Waals surface area contributed by atoms with Crippen LogP contribution in [-0.4, -0.2) is 7.11 Å². The number of ether oxygens (including phenoxy) is 1. The van der Waals surface area contributed by atoms with Gasteiger partial charge in [-0.2, -0.15) is 0 Å². The Kier molecular flexibility index (Phi) is 4.56. The second-order valence-electron chi connectivity index (χ2n) is 2.97. The molecule has 1 aromatic carbocycles. The van der Waals surface area contributed by atoms with Crippen LogP contribution in [0.2, 0.25) is 0 Å². The van der Waals surface area contributed by atoms with Gasteiger partial charge in [0.05, 0.1) is 7.11 Å². The topological polar surface area (TPSA) is 9.23 Å². The van der Waals surface area contributed by atoms with Crippen LogP contribution in [0.1, 0.15) is 18.9 Å². The van der Waals surface area contributed by atoms with Crippen molar-refractivity contribution in [3.05, 3.63) is 48.1 Å². The first-order chi connectivity index (χ1) is 6.86. The van der Waals surface area contributed by atoms with Gasteiger partial charge in [-0.05, 0) is 24.1 Å². The van der Waals surface area contributed by atoms with Crippen molar-refractivity contribution in [2.24, 2.45) is 0 Å². The van der Waals surface area contributed by atoms with Crippen molar-refractivity contribution < 1.29 is 4.74 Å². The minimum Gasteiger partial charge on any atom is -0.497 e. The van der Waals surface area contributed by atoms with Crippen LogP contribution in [0.4, 0.5) is 0 Å². The Bertz CT molecular complexity index is 307. The Morgan fingerprint density at radius 3 is 2.43 bits per heavy atom. The van der Waals surface area contributed by atoms with Gasteiger partial charge in [-0.25, -0.2) is 0 Å². The van der Waals surface area contributed by atoms with E-state index < -0.39 is 0 Å². The largest absolute Gasteiger partial charge is 0.497 e. The molecule has 0 saturated carbocycles. The summed E-state index contributed by atoms with van der Waals surface area (Å²) in [5.74, 6) is 0.895. The van der Waals surface area contributed by atoms with Crippen LogP contribution in [-0.2, 0) is 0 Å². The molecule has 0 fully saturated rings. The molecule has 0 amide bonds. The summed E-state index contributed by atoms with van der Waals surface area (Å²) in [5.41, 5.74) is 1.19. The molecule has 0 aliphatic carbocycles. The van der Waals surface area contributed by atoms with Crippen molar-refractivity contribution in [1.29, 1.82) is 0 Å². The third kappa shape index (κ3) is 3.48. The SMILES string of the molecule is CC/C=C\C=C\c1ccc(OC)cc1. The summed E-state index contributed by atoms with van der Waals surface area (Å²) in [6, 6.07) is 8.00. The number of methoxy groups -OCH3 is 1. The van der Waals surface area contributed by atoms with Crippen molar-refractivity contribution in [3.63, 3.8) is 0 Å². The van der Waals surface area contributed by atoms with Crippen molar-refractivity contribution in [1.82, 2.24) is 0 Å². The van der Waals surface area contributed by atoms with Gasteiger partial charge in [0.25, 0.3) is 0 Å². The number of rotatable bonds is 4. The van der Waals surface area contributed by atoms with Crippen molar-refractivity contribution in [2.45, 2.75) is 13.3 Å². The second kappa shape index (κ2) is 6.03. The van der Waals surface area contributed by atoms with Gasteiger partial charge < -0.3 is 4.74 Å². The normalized spacial score (nSPS) is 11.3. The maximum Gasteiger partial charge on any atom is 0.118 e. The van der Waals surface area contributed by atoms with Crippen LogP contribution >= 0.6 is 0 Å². The fourth-order valence-electron chi connectivity index (χ4n) is 1.10. The Labute approximate surface area is 85.7 Å². The van der Waals surface area contributed by atoms with Gasteiger partial charge in [0.2, 0.25) is 0 Å². The average molecular weight is 188 g/mol. The molecule has 0 bridgehead atoms. The van der Waals surface area contributed by atoms with E-state index in [9.17, 15) is 0 Å². The number of benzene rings is 1. The summed E-state index contributed by atoms with van der Waals surface area (Å²) >= 11 is 0. The summed E-state index contributed by atoms with van der Waals surface area (Å²) in [7, 11) is 1.68. The lowest BCUT2D eigenvalue weighted by molar-refractivity contribution is 0.415. The molecule has 0 saturated heterocycles. The van der Waals surface area contributed by atoms with Crippen LogP contribution in [0.5, 0.6) is 5.75 Å². The van der Waals surface area contributed by atoms with Gasteiger partial charge in [0.1, 0.15) is 5.75 Å². The fraction of sp³-hybridized carbons (Fsp3) is 0.231. The quantitative estimate of drug-likeness (QED) is 0.655. The zero-order chi connectivity index (χ0) is 10.2. The summed E-state index contributed by atoms with van der Waals surface area (Å²) in [5, 5.41) is 0. The molecule has 0 aliphatic heterocycles. The van der Waals surface area contributed by atoms with Gasteiger partial charge in [0, 0.05) is 0 Å². The third-order valence-electron chi connectivity index (χ3n) is 1.89. The van der Waals surface area contributed by atoms with Crippen LogP contribution in [0.25, 0.3) is 6.08 Å². The number of hydrogen-bond donors (Lipinski definition) is 0. The molecule has 74 valence electrons. The van der Waals surface area contributed by atoms with E-state index in [0.717, 1.165) is 12.2 Å². The van der Waals surface area contributed by atoms with E-state index in [1.54, 1.807) is 7.11 Å². The van der Waals surface area contributed by atoms with Crippen molar-refractivity contribution in [2.75, 3.05) is 7.11 Å². The molecule has 0 spiro atoms. The number of hydrogen-bond acceptors (Lipinski definition) is 1. The molecule has 0 aliphatic rings. The Morgan fingerprint density at radius 1 is 1.14 bits per heavy atom. The molecule has 14 heavy (non-hydrogen) atoms. The van der Waals surface area contributed by atoms with E-state index in [0.29, 0.717) is 0 Å². The van der Waals surface area contributed by atoms with Gasteiger partial charge in [0.15, 0.2) is 0 Å². The third-order valence-corrected chi connectivity index (χ3v) is 1.89. The highest BCUT2D eigenvalue weighted by molar-refractivity contribution is 5.52. The molecule has 1 aromatic rings. The highest BCUT2D eigenvalue weighted by atomic mass is 16.5. The zero-order valence-electron chi connectivity index (χ0n) is 8.73. The second-order valence-corrected chi connectivity index (χ2v) is 2.97. The van der Waals surface area contributed by atoms with Crippen LogP contribution < -0.4 is 4.74 Å². The van der Waals surface area contributed by atoms with Gasteiger partial charge in [-0.1, -0.05) is 43.4 Å². The molecule has 0 N–H and O–H groups in total. The molecular formula is C13H16O. The molecule has 0 atom stereocenters. The smallest absolute Gasteiger partial charge is 0.118 e. The van der Waals surface area contributed by atoms with E-state index in [-0.39, 0.29) is 0 Å². The molecular weight excluding hydrogens is 172 g/mol. The Hall–Kier alpha value is -1.50. The minimum absolute atomic E-state index is 0.895.